The number of rotatable bonds is 0. The van der Waals surface area contributed by atoms with Gasteiger partial charge in [-0.05, 0) is 29.7 Å². The second-order valence-electron chi connectivity index (χ2n) is 3.27. The highest BCUT2D eigenvalue weighted by atomic mass is 35.5. The van der Waals surface area contributed by atoms with Crippen LogP contribution in [0.1, 0.15) is 17.2 Å². The molecule has 2 atom stereocenters. The third-order valence-corrected chi connectivity index (χ3v) is 2.91. The molecule has 70 valence electrons. The van der Waals surface area contributed by atoms with Gasteiger partial charge >= 0.3 is 0 Å². The lowest BCUT2D eigenvalue weighted by Gasteiger charge is -2.08. The van der Waals surface area contributed by atoms with Crippen LogP contribution < -0.4 is 5.73 Å². The summed E-state index contributed by atoms with van der Waals surface area (Å²) in [7, 11) is 0. The summed E-state index contributed by atoms with van der Waals surface area (Å²) in [6.45, 7) is 0. The molecule has 2 rings (SSSR count). The van der Waals surface area contributed by atoms with Gasteiger partial charge in [-0.2, -0.15) is 0 Å². The molecule has 1 aliphatic carbocycles. The minimum Gasteiger partial charge on any atom is -0.387 e. The predicted molar refractivity (Wildman–Crippen MR) is 53.1 cm³/mol. The lowest BCUT2D eigenvalue weighted by molar-refractivity contribution is 0.159. The summed E-state index contributed by atoms with van der Waals surface area (Å²) in [4.78, 5) is 0. The molecular formula is C9H9Cl2NO. The first-order valence-corrected chi connectivity index (χ1v) is 4.76. The molecule has 0 aliphatic heterocycles. The molecule has 2 nitrogen and oxygen atoms in total. The Balaban J connectivity index is 2.57. The molecule has 3 N–H and O–H groups in total. The van der Waals surface area contributed by atoms with E-state index in [0.29, 0.717) is 16.5 Å². The Labute approximate surface area is 86.3 Å². The SMILES string of the molecule is N[C@H]1Cc2c(Cl)cc(Cl)cc2[C@H]1O. The molecule has 0 radical (unpaired) electrons. The van der Waals surface area contributed by atoms with E-state index >= 15 is 0 Å². The van der Waals surface area contributed by atoms with Gasteiger partial charge in [0.1, 0.15) is 0 Å². The molecule has 0 bridgehead atoms. The van der Waals surface area contributed by atoms with Gasteiger partial charge in [0.25, 0.3) is 0 Å². The van der Waals surface area contributed by atoms with Crippen molar-refractivity contribution >= 4 is 23.2 Å². The van der Waals surface area contributed by atoms with Crippen LogP contribution >= 0.6 is 23.2 Å². The van der Waals surface area contributed by atoms with Crippen molar-refractivity contribution in [3.63, 3.8) is 0 Å². The summed E-state index contributed by atoms with van der Waals surface area (Å²) in [5, 5.41) is 10.8. The zero-order valence-corrected chi connectivity index (χ0v) is 8.31. The lowest BCUT2D eigenvalue weighted by Crippen LogP contribution is -2.24. The van der Waals surface area contributed by atoms with E-state index in [-0.39, 0.29) is 6.04 Å². The molecule has 0 amide bonds. The van der Waals surface area contributed by atoms with E-state index in [1.54, 1.807) is 12.1 Å². The molecule has 0 heterocycles. The van der Waals surface area contributed by atoms with Crippen LogP contribution in [0, 0.1) is 0 Å². The topological polar surface area (TPSA) is 46.2 Å². The molecule has 1 aromatic carbocycles. The molecule has 0 aromatic heterocycles. The Bertz CT molecular complexity index is 354. The Morgan fingerprint density at radius 3 is 2.77 bits per heavy atom. The Morgan fingerprint density at radius 1 is 1.38 bits per heavy atom. The van der Waals surface area contributed by atoms with E-state index in [2.05, 4.69) is 0 Å². The third kappa shape index (κ3) is 1.44. The smallest absolute Gasteiger partial charge is 0.0947 e. The number of nitrogens with two attached hydrogens (primary N) is 1. The highest BCUT2D eigenvalue weighted by Gasteiger charge is 2.29. The average Bonchev–Trinajstić information content (AvgIpc) is 2.32. The monoisotopic (exact) mass is 217 g/mol. The van der Waals surface area contributed by atoms with Crippen LogP contribution in [0.25, 0.3) is 0 Å². The molecule has 0 fully saturated rings. The van der Waals surface area contributed by atoms with Gasteiger partial charge in [0.15, 0.2) is 0 Å². The highest BCUT2D eigenvalue weighted by molar-refractivity contribution is 6.35. The van der Waals surface area contributed by atoms with Gasteiger partial charge in [-0.3, -0.25) is 0 Å². The first-order valence-electron chi connectivity index (χ1n) is 4.01. The van der Waals surface area contributed by atoms with E-state index in [4.69, 9.17) is 28.9 Å². The molecule has 1 aromatic rings. The van der Waals surface area contributed by atoms with Crippen molar-refractivity contribution in [3.05, 3.63) is 33.3 Å². The molecule has 4 heteroatoms. The van der Waals surface area contributed by atoms with Crippen molar-refractivity contribution in [1.29, 1.82) is 0 Å². The van der Waals surface area contributed by atoms with Crippen LogP contribution in [0.4, 0.5) is 0 Å². The number of fused-ring (bicyclic) bond motifs is 1. The van der Waals surface area contributed by atoms with Crippen LogP contribution in [0.3, 0.4) is 0 Å². The molecule has 0 saturated heterocycles. The summed E-state index contributed by atoms with van der Waals surface area (Å²) in [5.41, 5.74) is 7.39. The Hall–Kier alpha value is -0.280. The summed E-state index contributed by atoms with van der Waals surface area (Å²) >= 11 is 11.8. The van der Waals surface area contributed by atoms with Crippen molar-refractivity contribution in [3.8, 4) is 0 Å². The zero-order chi connectivity index (χ0) is 9.59. The van der Waals surface area contributed by atoms with E-state index < -0.39 is 6.10 Å². The second-order valence-corrected chi connectivity index (χ2v) is 4.11. The van der Waals surface area contributed by atoms with Crippen molar-refractivity contribution in [2.75, 3.05) is 0 Å². The van der Waals surface area contributed by atoms with Gasteiger partial charge in [0.2, 0.25) is 0 Å². The van der Waals surface area contributed by atoms with Gasteiger partial charge in [-0.25, -0.2) is 0 Å². The summed E-state index contributed by atoms with van der Waals surface area (Å²) in [6.07, 6.45) is -0.0156. The van der Waals surface area contributed by atoms with E-state index in [0.717, 1.165) is 11.1 Å². The fraction of sp³-hybridized carbons (Fsp3) is 0.333. The van der Waals surface area contributed by atoms with E-state index in [9.17, 15) is 5.11 Å². The van der Waals surface area contributed by atoms with Gasteiger partial charge in [-0.15, -0.1) is 0 Å². The molecule has 0 saturated carbocycles. The number of hydrogen-bond acceptors (Lipinski definition) is 2. The Morgan fingerprint density at radius 2 is 2.08 bits per heavy atom. The minimum absolute atomic E-state index is 0.258. The van der Waals surface area contributed by atoms with Crippen LogP contribution in [-0.2, 0) is 6.42 Å². The van der Waals surface area contributed by atoms with Crippen LogP contribution in [0.5, 0.6) is 0 Å². The van der Waals surface area contributed by atoms with Crippen LogP contribution in [0.2, 0.25) is 10.0 Å². The lowest BCUT2D eigenvalue weighted by atomic mass is 10.1. The van der Waals surface area contributed by atoms with E-state index in [1.165, 1.54) is 0 Å². The largest absolute Gasteiger partial charge is 0.387 e. The molecule has 13 heavy (non-hydrogen) atoms. The summed E-state index contributed by atoms with van der Waals surface area (Å²) in [6, 6.07) is 3.14. The number of aliphatic hydroxyl groups is 1. The van der Waals surface area contributed by atoms with Crippen molar-refractivity contribution < 1.29 is 5.11 Å². The third-order valence-electron chi connectivity index (χ3n) is 2.36. The fourth-order valence-electron chi connectivity index (χ4n) is 1.68. The van der Waals surface area contributed by atoms with E-state index in [1.807, 2.05) is 0 Å². The predicted octanol–water partition coefficient (Wildman–Crippen LogP) is 1.91. The first-order chi connectivity index (χ1) is 6.09. The second kappa shape index (κ2) is 3.14. The maximum atomic E-state index is 9.66. The minimum atomic E-state index is -0.633. The standard InChI is InChI=1S/C9H9Cl2NO/c10-4-1-6-5(7(11)2-4)3-8(12)9(6)13/h1-2,8-9,13H,3,12H2/t8-,9+/m0/s1. The van der Waals surface area contributed by atoms with Gasteiger partial charge < -0.3 is 10.8 Å². The number of aliphatic hydroxyl groups excluding tert-OH is 1. The average molecular weight is 218 g/mol. The summed E-state index contributed by atoms with van der Waals surface area (Å²) in [5.74, 6) is 0. The maximum absolute atomic E-state index is 9.66. The number of halogens is 2. The van der Waals surface area contributed by atoms with Crippen molar-refractivity contribution in [2.24, 2.45) is 5.73 Å². The van der Waals surface area contributed by atoms with Gasteiger partial charge in [-0.1, -0.05) is 23.2 Å². The van der Waals surface area contributed by atoms with Crippen LogP contribution in [0.15, 0.2) is 12.1 Å². The molecule has 0 spiro atoms. The quantitative estimate of drug-likeness (QED) is 0.698. The van der Waals surface area contributed by atoms with Gasteiger partial charge in [0, 0.05) is 16.1 Å². The molecule has 1 aliphatic rings. The first kappa shape index (κ1) is 9.28. The number of benzene rings is 1. The number of hydrogen-bond donors (Lipinski definition) is 2. The zero-order valence-electron chi connectivity index (χ0n) is 6.80. The fourth-order valence-corrected chi connectivity index (χ4v) is 2.27. The van der Waals surface area contributed by atoms with Crippen molar-refractivity contribution in [1.82, 2.24) is 0 Å². The van der Waals surface area contributed by atoms with Crippen molar-refractivity contribution in [2.45, 2.75) is 18.6 Å². The highest BCUT2D eigenvalue weighted by Crippen LogP contribution is 2.37. The summed E-state index contributed by atoms with van der Waals surface area (Å²) < 4.78 is 0. The maximum Gasteiger partial charge on any atom is 0.0947 e. The van der Waals surface area contributed by atoms with Crippen LogP contribution in [-0.4, -0.2) is 11.1 Å². The molecule has 0 unspecified atom stereocenters. The normalized spacial score (nSPS) is 26.2. The van der Waals surface area contributed by atoms with Gasteiger partial charge in [0.05, 0.1) is 6.10 Å². The molecular weight excluding hydrogens is 209 g/mol. The Kier molecular flexibility index (Phi) is 2.24.